The van der Waals surface area contributed by atoms with Crippen molar-refractivity contribution in [1.29, 1.82) is 0 Å². The smallest absolute Gasteiger partial charge is 1.00 e. The number of ether oxygens (including phenoxy) is 11. The Morgan fingerprint density at radius 2 is 0.802 bits per heavy atom. The molecular formula is C95H154ClKN12O22. The van der Waals surface area contributed by atoms with Crippen LogP contribution in [0, 0.1) is 17.8 Å². The van der Waals surface area contributed by atoms with E-state index < -0.39 is 59.2 Å². The molecule has 3 aliphatic heterocycles. The summed E-state index contributed by atoms with van der Waals surface area (Å²) in [4.78, 5) is 146. The number of methoxy groups -OCH3 is 3. The second-order valence-corrected chi connectivity index (χ2v) is 34.4. The Labute approximate surface area is 827 Å². The van der Waals surface area contributed by atoms with E-state index in [-0.39, 0.29) is 146 Å². The first-order chi connectivity index (χ1) is 61.2. The molecule has 34 nitrogen and oxygen atoms in total. The maximum absolute atomic E-state index is 13.4. The molecule has 0 aliphatic carbocycles. The van der Waals surface area contributed by atoms with E-state index in [0.29, 0.717) is 139 Å². The van der Waals surface area contributed by atoms with Gasteiger partial charge in [0.15, 0.2) is 34.5 Å². The van der Waals surface area contributed by atoms with Gasteiger partial charge in [0.25, 0.3) is 0 Å². The number of nitrogens with zero attached hydrogens (tertiary/aromatic N) is 7. The minimum Gasteiger partial charge on any atom is -1.00 e. The topological polar surface area (TPSA) is 372 Å². The number of likely N-dealkylation sites (N-methyl/N-ethyl adjacent to an activating group) is 3. The summed E-state index contributed by atoms with van der Waals surface area (Å²) >= 11 is 4.72. The van der Waals surface area contributed by atoms with E-state index in [1.54, 1.807) is 132 Å². The SMILES string of the molecule is C.CCOC(=O)Cl.CCOC(=O)N1CCN(C(=O)Oc2ccc(CNC(=O)CCCC/C=C/C(C)C)cc2OC)C(CN(C)C(=O)OC(C)(C)C)C1.CCOC(=O)N1CCN(C(=O)Oc2ccc(CNC(=O)CCCC/C=C/C(C)C)cc2OC)C(CNC)C1.COc1cc(CNC(=O)CCCC/C=C/C(C)C)ccc1OC(=O)N1CCNCC1CN(C)C(=O)OC(C)(C)C.[H-].[K+]. The summed E-state index contributed by atoms with van der Waals surface area (Å²) in [7, 11) is 9.50. The summed E-state index contributed by atoms with van der Waals surface area (Å²) in [5.74, 6) is 3.53. The summed E-state index contributed by atoms with van der Waals surface area (Å²) in [5, 5.41) is 15.1. The van der Waals surface area contributed by atoms with E-state index in [1.165, 1.54) is 40.9 Å². The Bertz CT molecular complexity index is 4060. The quantitative estimate of drug-likeness (QED) is 0.0116. The number of nitrogens with one attached hydrogen (secondary N) is 5. The van der Waals surface area contributed by atoms with E-state index in [1.807, 2.05) is 20.8 Å². The molecule has 36 heteroatoms. The predicted octanol–water partition coefficient (Wildman–Crippen LogP) is 13.4. The normalized spacial score (nSPS) is 14.9. The number of rotatable bonds is 39. The van der Waals surface area contributed by atoms with Crippen molar-refractivity contribution in [1.82, 2.24) is 60.9 Å². The van der Waals surface area contributed by atoms with E-state index in [2.05, 4.69) is 109 Å². The van der Waals surface area contributed by atoms with Crippen molar-refractivity contribution < 1.29 is 158 Å². The van der Waals surface area contributed by atoms with Crippen LogP contribution in [0.4, 0.5) is 38.4 Å². The largest absolute Gasteiger partial charge is 1.00 e. The van der Waals surface area contributed by atoms with E-state index in [4.69, 9.17) is 59.0 Å². The molecule has 0 bridgehead atoms. The number of unbranched alkanes of at least 4 members (excludes halogenated alkanes) is 6. The number of benzene rings is 3. The van der Waals surface area contributed by atoms with Gasteiger partial charge in [-0.15, -0.1) is 0 Å². The van der Waals surface area contributed by atoms with Crippen molar-refractivity contribution in [2.75, 3.05) is 141 Å². The van der Waals surface area contributed by atoms with Gasteiger partial charge in [0.05, 0.1) is 59.3 Å². The van der Waals surface area contributed by atoms with Gasteiger partial charge in [0, 0.05) is 143 Å². The number of halogens is 1. The second-order valence-electron chi connectivity index (χ2n) is 34.1. The van der Waals surface area contributed by atoms with E-state index >= 15 is 0 Å². The molecule has 0 saturated carbocycles. The first kappa shape index (κ1) is 120. The minimum absolute atomic E-state index is 0. The summed E-state index contributed by atoms with van der Waals surface area (Å²) in [6.45, 7) is 34.7. The summed E-state index contributed by atoms with van der Waals surface area (Å²) < 4.78 is 58.9. The summed E-state index contributed by atoms with van der Waals surface area (Å²) in [6.07, 6.45) is 19.3. The number of piperazine rings is 3. The molecule has 10 amide bonds. The fourth-order valence-electron chi connectivity index (χ4n) is 13.1. The average molecular weight is 1890 g/mol. The van der Waals surface area contributed by atoms with Gasteiger partial charge in [-0.3, -0.25) is 19.3 Å². The zero-order valence-corrected chi connectivity index (χ0v) is 85.2. The van der Waals surface area contributed by atoms with Crippen LogP contribution in [0.2, 0.25) is 0 Å². The second kappa shape index (κ2) is 65.5. The number of hydrogen-bond acceptors (Lipinski definition) is 24. The summed E-state index contributed by atoms with van der Waals surface area (Å²) in [5.41, 5.74) is 0.432. The van der Waals surface area contributed by atoms with Crippen molar-refractivity contribution in [3.63, 3.8) is 0 Å². The Morgan fingerprint density at radius 3 is 1.11 bits per heavy atom. The van der Waals surface area contributed by atoms with E-state index in [9.17, 15) is 52.7 Å². The molecule has 3 saturated heterocycles. The monoisotopic (exact) mass is 1890 g/mol. The molecule has 131 heavy (non-hydrogen) atoms. The number of allylic oxidation sites excluding steroid dienone is 6. The molecule has 3 atom stereocenters. The standard InChI is InChI=1S/C33H52N4O8.C30H48N4O6.C28H44N4O6.C3H5ClO2.CH4.K.H/c1-9-43-31(40)36-18-19-37(26(23-36)22-35(7)30(39)45-33(4,5)6)32(41)44-27-17-16-25(20-28(27)42-8)21-34-29(38)15-13-11-10-12-14-24(2)3;1-22(2)12-10-8-9-11-13-27(35)32-19-23-14-15-25(26(18-23)38-7)39-29(37)34-17-16-31-20-24(34)21-33(6)28(36)40-30(3,4)5;1-6-37-27(34)31-15-16-32(23(20-31)19-29-4)28(35)38-24-14-13-22(17-25(24)36-5)18-30-26(33)12-10-8-7-9-11-21(2)3;1-2-6-3(4)5;;;/h12,14,16-17,20,24,26H,9-11,13,15,18-19,21-23H2,1-8H3,(H,34,38);10,12,14-15,18,22,24,31H,8-9,11,13,16-17,19-21H2,1-7H3,(H,32,35);9,11,13-14,17,21,23,29H,6-8,10,12,15-16,18-20H2,1-5H3,(H,30,33);2H2,1H3;1H4;;/q;;;;;+1;-1/b14-12+;12-10+;11-9+;;;;. The third-order valence-electron chi connectivity index (χ3n) is 19.5. The number of hydrogen-bond donors (Lipinski definition) is 5. The van der Waals surface area contributed by atoms with Gasteiger partial charge in [-0.2, -0.15) is 0 Å². The van der Waals surface area contributed by atoms with Crippen LogP contribution in [0.25, 0.3) is 0 Å². The Hall–Kier alpha value is -9.10. The first-order valence-electron chi connectivity index (χ1n) is 44.8. The van der Waals surface area contributed by atoms with Gasteiger partial charge in [-0.1, -0.05) is 104 Å². The van der Waals surface area contributed by atoms with Gasteiger partial charge in [-0.25, -0.2) is 38.4 Å². The van der Waals surface area contributed by atoms with Crippen LogP contribution in [0.1, 0.15) is 206 Å². The first-order valence-corrected chi connectivity index (χ1v) is 45.2. The summed E-state index contributed by atoms with van der Waals surface area (Å²) in [6, 6.07) is 14.4. The third-order valence-corrected chi connectivity index (χ3v) is 19.6. The van der Waals surface area contributed by atoms with Crippen LogP contribution in [0.15, 0.2) is 91.1 Å². The molecule has 3 fully saturated rings. The zero-order chi connectivity index (χ0) is 96.2. The molecule has 3 heterocycles. The van der Waals surface area contributed by atoms with Crippen molar-refractivity contribution in [2.45, 2.75) is 237 Å². The Balaban J connectivity index is 0.00000187. The number of carbonyl (C=O) groups is 11. The molecule has 5 N–H and O–H groups in total. The van der Waals surface area contributed by atoms with Gasteiger partial charge in [0.2, 0.25) is 17.7 Å². The van der Waals surface area contributed by atoms with Crippen molar-refractivity contribution in [2.24, 2.45) is 17.8 Å². The van der Waals surface area contributed by atoms with Gasteiger partial charge in [-0.05, 0) is 198 Å². The average Bonchev–Trinajstić information content (AvgIpc) is 0.825. The van der Waals surface area contributed by atoms with Crippen molar-refractivity contribution >= 4 is 77.4 Å². The van der Waals surface area contributed by atoms with Crippen LogP contribution in [-0.2, 0) is 57.7 Å². The van der Waals surface area contributed by atoms with Gasteiger partial charge >= 0.3 is 99.5 Å². The number of carbonyl (C=O) groups excluding carboxylic acids is 11. The molecule has 3 unspecified atom stereocenters. The molecule has 3 aromatic rings. The van der Waals surface area contributed by atoms with Gasteiger partial charge < -0.3 is 110 Å². The van der Waals surface area contributed by atoms with E-state index in [0.717, 1.165) is 74.5 Å². The van der Waals surface area contributed by atoms with Crippen LogP contribution in [0.3, 0.4) is 0 Å². The molecular weight excluding hydrogens is 1740 g/mol. The molecule has 0 radical (unpaired) electrons. The molecule has 6 rings (SSSR count). The molecule has 734 valence electrons. The van der Waals surface area contributed by atoms with Crippen LogP contribution >= 0.6 is 11.6 Å². The molecule has 3 aromatic carbocycles. The van der Waals surface area contributed by atoms with Crippen molar-refractivity contribution in [3.8, 4) is 34.5 Å². The molecule has 3 aliphatic rings. The number of amides is 10. The van der Waals surface area contributed by atoms with Crippen LogP contribution in [0.5, 0.6) is 34.5 Å². The fraction of sp³-hybridized carbons (Fsp3) is 0.632. The minimum atomic E-state index is -0.738. The third kappa shape index (κ3) is 50.0. The predicted molar refractivity (Wildman–Crippen MR) is 504 cm³/mol. The van der Waals surface area contributed by atoms with Gasteiger partial charge in [0.1, 0.15) is 11.2 Å². The zero-order valence-electron chi connectivity index (χ0n) is 82.3. The van der Waals surface area contributed by atoms with Crippen LogP contribution in [-0.4, -0.2) is 270 Å². The maximum atomic E-state index is 13.4. The fourth-order valence-corrected chi connectivity index (χ4v) is 13.2. The Kier molecular flexibility index (Phi) is 59.9. The molecule has 0 spiro atoms. The van der Waals surface area contributed by atoms with Crippen LogP contribution < -0.4 is 106 Å². The maximum Gasteiger partial charge on any atom is 1.00 e. The van der Waals surface area contributed by atoms with Crippen molar-refractivity contribution in [3.05, 3.63) is 108 Å². The molecule has 0 aromatic heterocycles. The Morgan fingerprint density at radius 1 is 0.473 bits per heavy atom.